The number of hydrogen-bond donors (Lipinski definition) is 1. The Bertz CT molecular complexity index is 758. The lowest BCUT2D eigenvalue weighted by molar-refractivity contribution is 0.198. The number of nitrogens with zero attached hydrogens (tertiary/aromatic N) is 3. The van der Waals surface area contributed by atoms with E-state index in [4.69, 9.17) is 4.52 Å². The summed E-state index contributed by atoms with van der Waals surface area (Å²) in [4.78, 5) is 7.43. The third-order valence-corrected chi connectivity index (χ3v) is 4.81. The average Bonchev–Trinajstić information content (AvgIpc) is 3.16. The summed E-state index contributed by atoms with van der Waals surface area (Å²) < 4.78 is 6.40. The molecule has 0 spiro atoms. The van der Waals surface area contributed by atoms with E-state index in [1.54, 1.807) is 18.3 Å². The van der Waals surface area contributed by atoms with Crippen LogP contribution in [0.5, 0.6) is 0 Å². The van der Waals surface area contributed by atoms with E-state index < -0.39 is 6.10 Å². The second kappa shape index (κ2) is 7.25. The topological polar surface area (TPSA) is 62.4 Å². The molecule has 0 aliphatic rings. The first-order valence-electron chi connectivity index (χ1n) is 7.18. The largest absolute Gasteiger partial charge is 0.392 e. The minimum atomic E-state index is -0.453. The van der Waals surface area contributed by atoms with Crippen LogP contribution in [-0.4, -0.2) is 27.9 Å². The van der Waals surface area contributed by atoms with Gasteiger partial charge in [0.05, 0.1) is 21.3 Å². The Balaban J connectivity index is 1.79. The molecule has 3 aromatic rings. The molecule has 0 amide bonds. The van der Waals surface area contributed by atoms with E-state index >= 15 is 0 Å². The summed E-state index contributed by atoms with van der Waals surface area (Å²) in [5.41, 5.74) is 1.01. The highest BCUT2D eigenvalue weighted by Gasteiger charge is 2.16. The van der Waals surface area contributed by atoms with E-state index in [1.807, 2.05) is 47.4 Å². The molecule has 5 nitrogen and oxygen atoms in total. The summed E-state index contributed by atoms with van der Waals surface area (Å²) >= 11 is 4.99. The average molecular weight is 394 g/mol. The van der Waals surface area contributed by atoms with Crippen molar-refractivity contribution in [2.45, 2.75) is 19.6 Å². The van der Waals surface area contributed by atoms with Crippen LogP contribution in [0.2, 0.25) is 0 Å². The molecule has 1 atom stereocenters. The van der Waals surface area contributed by atoms with Crippen molar-refractivity contribution in [1.82, 2.24) is 10.1 Å². The number of aliphatic hydroxyl groups is 1. The van der Waals surface area contributed by atoms with Gasteiger partial charge < -0.3 is 14.5 Å². The maximum Gasteiger partial charge on any atom is 0.246 e. The number of halogens is 1. The molecule has 120 valence electrons. The van der Waals surface area contributed by atoms with E-state index in [0.717, 1.165) is 14.4 Å². The number of hydrogen-bond acceptors (Lipinski definition) is 6. The van der Waals surface area contributed by atoms with Gasteiger partial charge in [-0.15, -0.1) is 11.3 Å². The second-order valence-corrected chi connectivity index (χ2v) is 7.64. The minimum Gasteiger partial charge on any atom is -0.392 e. The summed E-state index contributed by atoms with van der Waals surface area (Å²) in [6.07, 6.45) is -0.453. The third-order valence-electron chi connectivity index (χ3n) is 3.19. The number of thiophene rings is 1. The van der Waals surface area contributed by atoms with Crippen molar-refractivity contribution < 1.29 is 9.63 Å². The molecular weight excluding hydrogens is 378 g/mol. The van der Waals surface area contributed by atoms with Gasteiger partial charge in [-0.05, 0) is 47.1 Å². The Labute approximate surface area is 146 Å². The van der Waals surface area contributed by atoms with Crippen LogP contribution in [0.1, 0.15) is 12.8 Å². The van der Waals surface area contributed by atoms with Crippen LogP contribution in [0.15, 0.2) is 50.8 Å². The first-order valence-corrected chi connectivity index (χ1v) is 8.79. The summed E-state index contributed by atoms with van der Waals surface area (Å²) in [5.74, 6) is 1.11. The monoisotopic (exact) mass is 393 g/mol. The molecule has 23 heavy (non-hydrogen) atoms. The van der Waals surface area contributed by atoms with Crippen LogP contribution in [0.4, 0.5) is 5.69 Å². The molecule has 0 aliphatic heterocycles. The molecule has 1 aromatic carbocycles. The highest BCUT2D eigenvalue weighted by molar-refractivity contribution is 9.11. The van der Waals surface area contributed by atoms with Gasteiger partial charge in [-0.25, -0.2) is 0 Å². The summed E-state index contributed by atoms with van der Waals surface area (Å²) in [6, 6.07) is 13.8. The Hall–Kier alpha value is -1.70. The zero-order chi connectivity index (χ0) is 16.2. The van der Waals surface area contributed by atoms with Gasteiger partial charge in [0.1, 0.15) is 0 Å². The molecule has 0 aliphatic carbocycles. The van der Waals surface area contributed by atoms with E-state index in [1.165, 1.54) is 0 Å². The number of anilines is 1. The van der Waals surface area contributed by atoms with Crippen LogP contribution < -0.4 is 4.90 Å². The predicted molar refractivity (Wildman–Crippen MR) is 94.5 cm³/mol. The smallest absolute Gasteiger partial charge is 0.246 e. The summed E-state index contributed by atoms with van der Waals surface area (Å²) in [7, 11) is 0. The van der Waals surface area contributed by atoms with Gasteiger partial charge in [0.25, 0.3) is 0 Å². The zero-order valence-corrected chi connectivity index (χ0v) is 14.9. The Kier molecular flexibility index (Phi) is 5.09. The van der Waals surface area contributed by atoms with Crippen LogP contribution in [0.25, 0.3) is 10.7 Å². The van der Waals surface area contributed by atoms with Gasteiger partial charge in [-0.1, -0.05) is 23.4 Å². The number of benzene rings is 1. The highest BCUT2D eigenvalue weighted by atomic mass is 79.9. The third kappa shape index (κ3) is 4.19. The van der Waals surface area contributed by atoms with Gasteiger partial charge in [-0.2, -0.15) is 4.98 Å². The van der Waals surface area contributed by atoms with Crippen molar-refractivity contribution in [3.8, 4) is 10.7 Å². The van der Waals surface area contributed by atoms with E-state index in [9.17, 15) is 5.11 Å². The normalized spacial score (nSPS) is 12.3. The lowest BCUT2D eigenvalue weighted by Gasteiger charge is -2.24. The van der Waals surface area contributed by atoms with Gasteiger partial charge in [0.2, 0.25) is 11.7 Å². The number of para-hydroxylation sites is 1. The number of aromatic nitrogens is 2. The molecule has 0 saturated carbocycles. The molecule has 3 rings (SSSR count). The molecule has 2 aromatic heterocycles. The fraction of sp³-hybridized carbons (Fsp3) is 0.250. The standard InChI is InChI=1S/C16H16BrN3O2S/c1-11(21)9-20(12-5-3-2-4-6-12)10-15-18-16(19-22-15)13-7-8-14(17)23-13/h2-8,11,21H,9-10H2,1H3. The lowest BCUT2D eigenvalue weighted by atomic mass is 10.2. The van der Waals surface area contributed by atoms with Crippen molar-refractivity contribution in [2.24, 2.45) is 0 Å². The van der Waals surface area contributed by atoms with Crippen LogP contribution in [0.3, 0.4) is 0 Å². The van der Waals surface area contributed by atoms with Crippen molar-refractivity contribution >= 4 is 33.0 Å². The maximum atomic E-state index is 9.74. The van der Waals surface area contributed by atoms with E-state index in [-0.39, 0.29) is 0 Å². The number of aliphatic hydroxyl groups excluding tert-OH is 1. The van der Waals surface area contributed by atoms with Gasteiger partial charge >= 0.3 is 0 Å². The minimum absolute atomic E-state index is 0.453. The summed E-state index contributed by atoms with van der Waals surface area (Å²) in [6.45, 7) is 2.71. The number of rotatable bonds is 6. The molecule has 7 heteroatoms. The second-order valence-electron chi connectivity index (χ2n) is 5.18. The van der Waals surface area contributed by atoms with Crippen LogP contribution in [0, 0.1) is 0 Å². The molecule has 1 unspecified atom stereocenters. The Morgan fingerprint density at radius 2 is 2.04 bits per heavy atom. The van der Waals surface area contributed by atoms with Gasteiger partial charge in [0.15, 0.2) is 0 Å². The van der Waals surface area contributed by atoms with Crippen molar-refractivity contribution in [3.05, 3.63) is 52.1 Å². The highest BCUT2D eigenvalue weighted by Crippen LogP contribution is 2.29. The molecule has 0 bridgehead atoms. The molecule has 0 saturated heterocycles. The quantitative estimate of drug-likeness (QED) is 0.686. The zero-order valence-electron chi connectivity index (χ0n) is 12.5. The van der Waals surface area contributed by atoms with Crippen molar-refractivity contribution in [2.75, 3.05) is 11.4 Å². The van der Waals surface area contributed by atoms with E-state index in [0.29, 0.717) is 24.8 Å². The SMILES string of the molecule is CC(O)CN(Cc1nc(-c2ccc(Br)s2)no1)c1ccccc1. The molecule has 0 fully saturated rings. The molecule has 0 radical (unpaired) electrons. The predicted octanol–water partition coefficient (Wildman–Crippen LogP) is 3.95. The lowest BCUT2D eigenvalue weighted by Crippen LogP contribution is -2.30. The van der Waals surface area contributed by atoms with Gasteiger partial charge in [0, 0.05) is 12.2 Å². The molecule has 1 N–H and O–H groups in total. The molecule has 2 heterocycles. The van der Waals surface area contributed by atoms with Crippen LogP contribution >= 0.6 is 27.3 Å². The first kappa shape index (κ1) is 16.2. The van der Waals surface area contributed by atoms with E-state index in [2.05, 4.69) is 26.1 Å². The summed E-state index contributed by atoms with van der Waals surface area (Å²) in [5, 5.41) is 13.8. The van der Waals surface area contributed by atoms with Crippen molar-refractivity contribution in [1.29, 1.82) is 0 Å². The Morgan fingerprint density at radius 3 is 2.70 bits per heavy atom. The fourth-order valence-electron chi connectivity index (χ4n) is 2.24. The Morgan fingerprint density at radius 1 is 1.26 bits per heavy atom. The van der Waals surface area contributed by atoms with Gasteiger partial charge in [-0.3, -0.25) is 0 Å². The molecular formula is C16H16BrN3O2S. The van der Waals surface area contributed by atoms with Crippen molar-refractivity contribution in [3.63, 3.8) is 0 Å². The first-order chi connectivity index (χ1) is 11.1. The van der Waals surface area contributed by atoms with Crippen LogP contribution in [-0.2, 0) is 6.54 Å². The maximum absolute atomic E-state index is 9.74. The fourth-order valence-corrected chi connectivity index (χ4v) is 3.55.